The van der Waals surface area contributed by atoms with Crippen LogP contribution in [0.3, 0.4) is 0 Å². The van der Waals surface area contributed by atoms with Crippen LogP contribution < -0.4 is 5.32 Å². The Labute approximate surface area is 161 Å². The quantitative estimate of drug-likeness (QED) is 0.735. The van der Waals surface area contributed by atoms with Gasteiger partial charge in [0.1, 0.15) is 0 Å². The fourth-order valence-electron chi connectivity index (χ4n) is 2.98. The largest absolute Gasteiger partial charge is 0.379 e. The first kappa shape index (κ1) is 21.5. The van der Waals surface area contributed by atoms with Gasteiger partial charge in [-0.15, -0.1) is 12.4 Å². The van der Waals surface area contributed by atoms with Crippen molar-refractivity contribution in [3.63, 3.8) is 0 Å². The van der Waals surface area contributed by atoms with E-state index in [1.54, 1.807) is 0 Å². The molecule has 2 fully saturated rings. The summed E-state index contributed by atoms with van der Waals surface area (Å²) in [5.74, 6) is 0. The molecule has 1 aromatic rings. The molecular weight excluding hydrogens is 402 g/mol. The number of nitrogens with zero attached hydrogens (tertiary/aromatic N) is 2. The molecule has 0 aliphatic carbocycles. The van der Waals surface area contributed by atoms with Gasteiger partial charge in [0.2, 0.25) is 20.0 Å². The van der Waals surface area contributed by atoms with Crippen molar-refractivity contribution in [2.45, 2.75) is 22.8 Å². The van der Waals surface area contributed by atoms with E-state index in [0.29, 0.717) is 45.9 Å². The Hall–Kier alpha value is -0.750. The van der Waals surface area contributed by atoms with Crippen LogP contribution in [0.2, 0.25) is 0 Å². The molecular formula is C15H24ClN3O5S2. The number of morpholine rings is 1. The lowest BCUT2D eigenvalue weighted by molar-refractivity contribution is 0.0730. The van der Waals surface area contributed by atoms with Crippen molar-refractivity contribution in [3.8, 4) is 0 Å². The number of hydrogen-bond donors (Lipinski definition) is 1. The van der Waals surface area contributed by atoms with Crippen molar-refractivity contribution >= 4 is 32.5 Å². The Morgan fingerprint density at radius 2 is 1.42 bits per heavy atom. The zero-order valence-corrected chi connectivity index (χ0v) is 16.9. The van der Waals surface area contributed by atoms with Crippen molar-refractivity contribution in [1.29, 1.82) is 0 Å². The highest BCUT2D eigenvalue weighted by atomic mass is 35.5. The van der Waals surface area contributed by atoms with Gasteiger partial charge in [-0.1, -0.05) is 0 Å². The van der Waals surface area contributed by atoms with E-state index < -0.39 is 20.0 Å². The van der Waals surface area contributed by atoms with E-state index in [-0.39, 0.29) is 28.2 Å². The molecule has 0 aromatic heterocycles. The van der Waals surface area contributed by atoms with Gasteiger partial charge in [0, 0.05) is 38.8 Å². The number of ether oxygens (including phenoxy) is 1. The first-order chi connectivity index (χ1) is 11.8. The van der Waals surface area contributed by atoms with Crippen molar-refractivity contribution in [2.24, 2.45) is 0 Å². The molecule has 26 heavy (non-hydrogen) atoms. The van der Waals surface area contributed by atoms with E-state index in [0.717, 1.165) is 0 Å². The minimum absolute atomic E-state index is 0. The summed E-state index contributed by atoms with van der Waals surface area (Å²) < 4.78 is 58.6. The van der Waals surface area contributed by atoms with E-state index in [2.05, 4.69) is 5.32 Å². The van der Waals surface area contributed by atoms with E-state index in [1.807, 2.05) is 6.92 Å². The number of rotatable bonds is 4. The average Bonchev–Trinajstić information content (AvgIpc) is 2.62. The first-order valence-corrected chi connectivity index (χ1v) is 11.1. The molecule has 2 heterocycles. The van der Waals surface area contributed by atoms with Crippen LogP contribution in [0, 0.1) is 0 Å². The average molecular weight is 426 g/mol. The highest BCUT2D eigenvalue weighted by molar-refractivity contribution is 7.89. The molecule has 0 radical (unpaired) electrons. The van der Waals surface area contributed by atoms with E-state index in [4.69, 9.17) is 4.74 Å². The standard InChI is InChI=1S/C15H23N3O5S2.ClH/c1-13-12-18(7-6-16-13)25(21,22)15-4-2-14(3-5-15)24(19,20)17-8-10-23-11-9-17;/h2-5,13,16H,6-12H2,1H3;1H. The van der Waals surface area contributed by atoms with Gasteiger partial charge in [0.15, 0.2) is 0 Å². The maximum absolute atomic E-state index is 12.7. The molecule has 0 saturated carbocycles. The monoisotopic (exact) mass is 425 g/mol. The minimum Gasteiger partial charge on any atom is -0.379 e. The van der Waals surface area contributed by atoms with Gasteiger partial charge in [-0.25, -0.2) is 16.8 Å². The van der Waals surface area contributed by atoms with Gasteiger partial charge in [-0.3, -0.25) is 0 Å². The van der Waals surface area contributed by atoms with Gasteiger partial charge in [0.25, 0.3) is 0 Å². The summed E-state index contributed by atoms with van der Waals surface area (Å²) in [6, 6.07) is 5.56. The third-order valence-electron chi connectivity index (χ3n) is 4.40. The Morgan fingerprint density at radius 3 is 1.92 bits per heavy atom. The topological polar surface area (TPSA) is 96.0 Å². The molecule has 3 rings (SSSR count). The van der Waals surface area contributed by atoms with E-state index >= 15 is 0 Å². The first-order valence-electron chi connectivity index (χ1n) is 8.23. The van der Waals surface area contributed by atoms with Gasteiger partial charge in [0.05, 0.1) is 23.0 Å². The maximum atomic E-state index is 12.7. The summed E-state index contributed by atoms with van der Waals surface area (Å²) in [6.45, 7) is 4.68. The summed E-state index contributed by atoms with van der Waals surface area (Å²) >= 11 is 0. The molecule has 1 unspecified atom stereocenters. The van der Waals surface area contributed by atoms with Crippen LogP contribution in [0.5, 0.6) is 0 Å². The second-order valence-corrected chi connectivity index (χ2v) is 10.1. The summed E-state index contributed by atoms with van der Waals surface area (Å²) in [6.07, 6.45) is 0. The van der Waals surface area contributed by atoms with Crippen LogP contribution >= 0.6 is 12.4 Å². The maximum Gasteiger partial charge on any atom is 0.243 e. The molecule has 11 heteroatoms. The molecule has 1 aromatic carbocycles. The molecule has 0 bridgehead atoms. The van der Waals surface area contributed by atoms with Crippen LogP contribution in [0.15, 0.2) is 34.1 Å². The Bertz CT molecular complexity index is 808. The predicted molar refractivity (Wildman–Crippen MR) is 99.5 cm³/mol. The van der Waals surface area contributed by atoms with Crippen LogP contribution in [0.1, 0.15) is 6.92 Å². The van der Waals surface area contributed by atoms with Gasteiger partial charge >= 0.3 is 0 Å². The Balaban J connectivity index is 0.00000243. The zero-order valence-electron chi connectivity index (χ0n) is 14.5. The summed E-state index contributed by atoms with van der Waals surface area (Å²) in [4.78, 5) is 0.213. The smallest absolute Gasteiger partial charge is 0.243 e. The lowest BCUT2D eigenvalue weighted by Gasteiger charge is -2.31. The molecule has 8 nitrogen and oxygen atoms in total. The fourth-order valence-corrected chi connectivity index (χ4v) is 5.92. The van der Waals surface area contributed by atoms with Gasteiger partial charge < -0.3 is 10.1 Å². The molecule has 1 atom stereocenters. The van der Waals surface area contributed by atoms with Crippen LogP contribution in [0.4, 0.5) is 0 Å². The van der Waals surface area contributed by atoms with Crippen molar-refractivity contribution < 1.29 is 21.6 Å². The number of nitrogens with one attached hydrogen (secondary N) is 1. The predicted octanol–water partition coefficient (Wildman–Crippen LogP) is 0.112. The summed E-state index contributed by atoms with van der Waals surface area (Å²) in [5.41, 5.74) is 0. The molecule has 1 N–H and O–H groups in total. The van der Waals surface area contributed by atoms with E-state index in [9.17, 15) is 16.8 Å². The second-order valence-electron chi connectivity index (χ2n) is 6.21. The number of hydrogen-bond acceptors (Lipinski definition) is 6. The molecule has 2 aliphatic heterocycles. The molecule has 148 valence electrons. The minimum atomic E-state index is -3.62. The van der Waals surface area contributed by atoms with Crippen LogP contribution in [-0.4, -0.2) is 77.4 Å². The highest BCUT2D eigenvalue weighted by Crippen LogP contribution is 2.22. The normalized spacial score (nSPS) is 23.3. The third-order valence-corrected chi connectivity index (χ3v) is 8.19. The third kappa shape index (κ3) is 4.38. The highest BCUT2D eigenvalue weighted by Gasteiger charge is 2.30. The molecule has 2 aliphatic rings. The second kappa shape index (κ2) is 8.51. The fraction of sp³-hybridized carbons (Fsp3) is 0.600. The number of halogens is 1. The Kier molecular flexibility index (Phi) is 7.05. The summed E-state index contributed by atoms with van der Waals surface area (Å²) in [7, 11) is -7.24. The lowest BCUT2D eigenvalue weighted by atomic mass is 10.3. The Morgan fingerprint density at radius 1 is 0.923 bits per heavy atom. The number of piperazine rings is 1. The van der Waals surface area contributed by atoms with Gasteiger partial charge in [-0.05, 0) is 31.2 Å². The van der Waals surface area contributed by atoms with Gasteiger partial charge in [-0.2, -0.15) is 8.61 Å². The molecule has 2 saturated heterocycles. The lowest BCUT2D eigenvalue weighted by Crippen LogP contribution is -2.51. The molecule has 0 spiro atoms. The summed E-state index contributed by atoms with van der Waals surface area (Å²) in [5, 5.41) is 3.20. The van der Waals surface area contributed by atoms with Crippen LogP contribution in [-0.2, 0) is 24.8 Å². The van der Waals surface area contributed by atoms with Crippen molar-refractivity contribution in [2.75, 3.05) is 45.9 Å². The van der Waals surface area contributed by atoms with E-state index in [1.165, 1.54) is 32.9 Å². The zero-order chi connectivity index (χ0) is 18.1. The number of benzene rings is 1. The van der Waals surface area contributed by atoms with Crippen molar-refractivity contribution in [3.05, 3.63) is 24.3 Å². The molecule has 0 amide bonds. The van der Waals surface area contributed by atoms with Crippen LogP contribution in [0.25, 0.3) is 0 Å². The number of sulfonamides is 2. The SMILES string of the molecule is CC1CN(S(=O)(=O)c2ccc(S(=O)(=O)N3CCOCC3)cc2)CCN1.Cl. The van der Waals surface area contributed by atoms with Crippen molar-refractivity contribution in [1.82, 2.24) is 13.9 Å².